The first-order valence-electron chi connectivity index (χ1n) is 8.96. The standard InChI is InChI=1S/C17H22F2O8S/c1-15(2,8-24-14(22)17(18,19)28-27-26-23)13(21)25-16-5-9-3-10(6-16)12(20)11(4-9)7-16/h9-11,23H,3-8H2,1-2H3. The monoisotopic (exact) mass is 424 g/mol. The number of ketones is 1. The molecule has 0 aromatic heterocycles. The van der Waals surface area contributed by atoms with Crippen molar-refractivity contribution in [1.29, 1.82) is 0 Å². The van der Waals surface area contributed by atoms with Crippen LogP contribution in [0, 0.1) is 23.2 Å². The Morgan fingerprint density at radius 3 is 2.36 bits per heavy atom. The first-order valence-corrected chi connectivity index (χ1v) is 9.70. The summed E-state index contributed by atoms with van der Waals surface area (Å²) in [5, 5.41) is 6.79. The molecule has 1 N–H and O–H groups in total. The second-order valence-corrected chi connectivity index (χ2v) is 9.34. The summed E-state index contributed by atoms with van der Waals surface area (Å²) >= 11 is -0.738. The van der Waals surface area contributed by atoms with E-state index in [-0.39, 0.29) is 17.6 Å². The van der Waals surface area contributed by atoms with Crippen LogP contribution in [-0.4, -0.2) is 40.4 Å². The highest BCUT2D eigenvalue weighted by Crippen LogP contribution is 2.56. The van der Waals surface area contributed by atoms with Gasteiger partial charge in [-0.2, -0.15) is 8.78 Å². The quantitative estimate of drug-likeness (QED) is 0.272. The van der Waals surface area contributed by atoms with Crippen LogP contribution in [0.1, 0.15) is 46.0 Å². The summed E-state index contributed by atoms with van der Waals surface area (Å²) in [5.41, 5.74) is -2.06. The van der Waals surface area contributed by atoms with Gasteiger partial charge in [0.15, 0.2) is 0 Å². The van der Waals surface area contributed by atoms with Crippen LogP contribution in [0.5, 0.6) is 0 Å². The van der Waals surface area contributed by atoms with Gasteiger partial charge in [0.1, 0.15) is 30.0 Å². The first kappa shape index (κ1) is 21.4. The fourth-order valence-corrected chi connectivity index (χ4v) is 4.86. The van der Waals surface area contributed by atoms with Crippen molar-refractivity contribution in [2.75, 3.05) is 6.61 Å². The van der Waals surface area contributed by atoms with E-state index in [1.807, 2.05) is 0 Å². The molecule has 0 saturated heterocycles. The highest BCUT2D eigenvalue weighted by atomic mass is 32.2. The lowest BCUT2D eigenvalue weighted by Crippen LogP contribution is -2.57. The number of halogens is 2. The molecule has 2 atom stereocenters. The van der Waals surface area contributed by atoms with Gasteiger partial charge in [0.2, 0.25) is 0 Å². The normalized spacial score (nSPS) is 31.8. The van der Waals surface area contributed by atoms with Gasteiger partial charge in [0.25, 0.3) is 0 Å². The van der Waals surface area contributed by atoms with Gasteiger partial charge in [-0.25, -0.2) is 10.1 Å². The second-order valence-electron chi connectivity index (χ2n) is 8.52. The number of carbonyl (C=O) groups is 3. The predicted molar refractivity (Wildman–Crippen MR) is 89.5 cm³/mol. The number of ether oxygens (including phenoxy) is 2. The van der Waals surface area contributed by atoms with Crippen molar-refractivity contribution in [3.05, 3.63) is 0 Å². The summed E-state index contributed by atoms with van der Waals surface area (Å²) in [6.07, 6.45) is 3.35. The van der Waals surface area contributed by atoms with E-state index in [1.54, 1.807) is 0 Å². The molecule has 0 aliphatic heterocycles. The largest absolute Gasteiger partial charge is 0.459 e. The van der Waals surface area contributed by atoms with Crippen molar-refractivity contribution in [2.45, 2.75) is 56.8 Å². The maximum Gasteiger partial charge on any atom is 0.415 e. The molecular weight excluding hydrogens is 402 g/mol. The molecule has 4 aliphatic rings. The Morgan fingerprint density at radius 1 is 1.18 bits per heavy atom. The number of alkyl halides is 2. The number of rotatable bonds is 8. The molecule has 0 heterocycles. The van der Waals surface area contributed by atoms with Crippen LogP contribution >= 0.6 is 12.0 Å². The highest BCUT2D eigenvalue weighted by molar-refractivity contribution is 7.96. The first-order chi connectivity index (χ1) is 13.0. The number of hydrogen-bond donors (Lipinski definition) is 1. The average molecular weight is 424 g/mol. The van der Waals surface area contributed by atoms with Crippen molar-refractivity contribution in [2.24, 2.45) is 23.2 Å². The minimum Gasteiger partial charge on any atom is -0.459 e. The van der Waals surface area contributed by atoms with Crippen LogP contribution in [0.2, 0.25) is 0 Å². The fraction of sp³-hybridized carbons (Fsp3) is 0.824. The third kappa shape index (κ3) is 4.17. The Kier molecular flexibility index (Phi) is 5.74. The summed E-state index contributed by atoms with van der Waals surface area (Å²) in [6, 6.07) is 0. The van der Waals surface area contributed by atoms with Gasteiger partial charge in [0.05, 0.1) is 5.41 Å². The summed E-state index contributed by atoms with van der Waals surface area (Å²) in [5.74, 6) is -2.16. The minimum atomic E-state index is -4.14. The molecule has 0 spiro atoms. The van der Waals surface area contributed by atoms with Crippen LogP contribution in [-0.2, 0) is 33.2 Å². The smallest absolute Gasteiger partial charge is 0.415 e. The van der Waals surface area contributed by atoms with Crippen molar-refractivity contribution in [3.8, 4) is 0 Å². The average Bonchev–Trinajstić information content (AvgIpc) is 2.61. The molecule has 0 aromatic rings. The molecule has 8 nitrogen and oxygen atoms in total. The Bertz CT molecular complexity index is 650. The molecule has 0 radical (unpaired) electrons. The zero-order chi connectivity index (χ0) is 20.7. The molecule has 158 valence electrons. The molecule has 4 bridgehead atoms. The third-order valence-electron chi connectivity index (χ3n) is 5.77. The summed E-state index contributed by atoms with van der Waals surface area (Å²) < 4.78 is 40.8. The van der Waals surface area contributed by atoms with Gasteiger partial charge in [-0.3, -0.25) is 9.59 Å². The number of hydrogen-bond acceptors (Lipinski definition) is 9. The molecule has 0 aromatic carbocycles. The number of esters is 2. The minimum absolute atomic E-state index is 0.0792. The Hall–Kier alpha value is -1.30. The van der Waals surface area contributed by atoms with Crippen molar-refractivity contribution < 1.29 is 47.3 Å². The van der Waals surface area contributed by atoms with E-state index in [0.717, 1.165) is 12.8 Å². The van der Waals surface area contributed by atoms with Gasteiger partial charge in [-0.15, -0.1) is 4.33 Å². The van der Waals surface area contributed by atoms with Crippen LogP contribution in [0.25, 0.3) is 0 Å². The van der Waals surface area contributed by atoms with Gasteiger partial charge in [0, 0.05) is 11.8 Å². The Balaban J connectivity index is 1.58. The number of carbonyl (C=O) groups excluding carboxylic acids is 3. The summed E-state index contributed by atoms with van der Waals surface area (Å²) in [4.78, 5) is 36.4. The molecule has 4 aliphatic carbocycles. The lowest BCUT2D eigenvalue weighted by Gasteiger charge is -2.55. The lowest BCUT2D eigenvalue weighted by atomic mass is 9.53. The number of Topliss-reactive ketones (excluding diaryl/α,β-unsaturated/α-hetero) is 1. The van der Waals surface area contributed by atoms with Crippen LogP contribution in [0.15, 0.2) is 0 Å². The molecule has 4 saturated carbocycles. The molecule has 11 heteroatoms. The highest BCUT2D eigenvalue weighted by Gasteiger charge is 2.58. The van der Waals surface area contributed by atoms with Crippen LogP contribution < -0.4 is 0 Å². The summed E-state index contributed by atoms with van der Waals surface area (Å²) in [7, 11) is 0. The van der Waals surface area contributed by atoms with Gasteiger partial charge < -0.3 is 9.47 Å². The van der Waals surface area contributed by atoms with Gasteiger partial charge in [-0.1, -0.05) is 5.04 Å². The van der Waals surface area contributed by atoms with Crippen molar-refractivity contribution in [3.63, 3.8) is 0 Å². The Labute approximate surface area is 164 Å². The van der Waals surface area contributed by atoms with Crippen molar-refractivity contribution >= 4 is 29.8 Å². The molecule has 0 amide bonds. The summed E-state index contributed by atoms with van der Waals surface area (Å²) in [6.45, 7) is 2.21. The van der Waals surface area contributed by atoms with E-state index in [9.17, 15) is 23.2 Å². The van der Waals surface area contributed by atoms with Gasteiger partial charge >= 0.3 is 17.2 Å². The molecule has 4 rings (SSSR count). The topological polar surface area (TPSA) is 108 Å². The van der Waals surface area contributed by atoms with E-state index in [0.29, 0.717) is 25.2 Å². The molecular formula is C17H22F2O8S. The van der Waals surface area contributed by atoms with E-state index < -0.39 is 46.9 Å². The zero-order valence-corrected chi connectivity index (χ0v) is 16.3. The van der Waals surface area contributed by atoms with Crippen molar-refractivity contribution in [1.82, 2.24) is 0 Å². The molecule has 4 fully saturated rings. The zero-order valence-electron chi connectivity index (χ0n) is 15.4. The molecule has 2 unspecified atom stereocenters. The second kappa shape index (κ2) is 7.51. The van der Waals surface area contributed by atoms with Crippen LogP contribution in [0.3, 0.4) is 0 Å². The fourth-order valence-electron chi connectivity index (χ4n) is 4.62. The van der Waals surface area contributed by atoms with Gasteiger partial charge in [-0.05, 0) is 51.9 Å². The molecule has 28 heavy (non-hydrogen) atoms. The lowest BCUT2D eigenvalue weighted by molar-refractivity contribution is -0.433. The van der Waals surface area contributed by atoms with E-state index in [4.69, 9.17) is 9.99 Å². The third-order valence-corrected chi connectivity index (χ3v) is 6.28. The van der Waals surface area contributed by atoms with E-state index in [2.05, 4.69) is 14.1 Å². The predicted octanol–water partition coefficient (Wildman–Crippen LogP) is 2.91. The Morgan fingerprint density at radius 2 is 1.79 bits per heavy atom. The maximum atomic E-state index is 13.4. The maximum absolute atomic E-state index is 13.4. The SMILES string of the molecule is CC(C)(COC(=O)C(F)(F)SOOO)C(=O)OC12CC3CC(C1)C(=O)C(C3)C2. The van der Waals surface area contributed by atoms with Crippen LogP contribution in [0.4, 0.5) is 8.78 Å². The van der Waals surface area contributed by atoms with E-state index in [1.165, 1.54) is 13.8 Å². The van der Waals surface area contributed by atoms with E-state index >= 15 is 0 Å².